The fraction of sp³-hybridized carbons (Fsp3) is 0.318. The molecule has 1 saturated heterocycles. The number of nitrogens with two attached hydrogens (primary N) is 1. The van der Waals surface area contributed by atoms with Crippen molar-refractivity contribution in [3.63, 3.8) is 0 Å². The molecule has 34 heavy (non-hydrogen) atoms. The highest BCUT2D eigenvalue weighted by Crippen LogP contribution is 2.34. The van der Waals surface area contributed by atoms with Crippen LogP contribution in [0.3, 0.4) is 0 Å². The Labute approximate surface area is 196 Å². The number of sulfonamides is 1. The summed E-state index contributed by atoms with van der Waals surface area (Å²) in [7, 11) is -2.48. The first-order valence-corrected chi connectivity index (χ1v) is 12.2. The number of H-pyrrole nitrogens is 1. The topological polar surface area (TPSA) is 155 Å². The Hall–Kier alpha value is -3.48. The van der Waals surface area contributed by atoms with Gasteiger partial charge >= 0.3 is 5.56 Å². The van der Waals surface area contributed by atoms with Crippen LogP contribution in [0.4, 0.5) is 17.2 Å². The Morgan fingerprint density at radius 1 is 1.21 bits per heavy atom. The van der Waals surface area contributed by atoms with E-state index in [4.69, 9.17) is 10.5 Å². The van der Waals surface area contributed by atoms with Crippen LogP contribution >= 0.6 is 0 Å². The minimum Gasteiger partial charge on any atom is -0.497 e. The molecule has 3 aromatic rings. The Morgan fingerprint density at radius 2 is 1.97 bits per heavy atom. The number of aromatic nitrogens is 2. The van der Waals surface area contributed by atoms with Crippen molar-refractivity contribution in [2.24, 2.45) is 16.1 Å². The Morgan fingerprint density at radius 3 is 2.68 bits per heavy atom. The number of rotatable bonds is 7. The molecule has 1 atom stereocenters. The molecule has 1 aliphatic rings. The van der Waals surface area contributed by atoms with Crippen molar-refractivity contribution in [2.75, 3.05) is 32.5 Å². The summed E-state index contributed by atoms with van der Waals surface area (Å²) >= 11 is 0. The van der Waals surface area contributed by atoms with Gasteiger partial charge in [-0.1, -0.05) is 18.2 Å². The largest absolute Gasteiger partial charge is 0.497 e. The van der Waals surface area contributed by atoms with Crippen LogP contribution in [0.25, 0.3) is 5.69 Å². The van der Waals surface area contributed by atoms with Crippen molar-refractivity contribution in [2.45, 2.75) is 17.7 Å². The number of piperidine rings is 1. The second-order valence-corrected chi connectivity index (χ2v) is 9.84. The molecule has 2 heterocycles. The quantitative estimate of drug-likeness (QED) is 0.436. The van der Waals surface area contributed by atoms with Gasteiger partial charge in [0.25, 0.3) is 0 Å². The number of nitrogens with one attached hydrogen (secondary N) is 1. The molecule has 4 rings (SSSR count). The minimum atomic E-state index is -3.93. The maximum absolute atomic E-state index is 13.4. The first-order valence-electron chi connectivity index (χ1n) is 10.7. The Kier molecular flexibility index (Phi) is 6.82. The van der Waals surface area contributed by atoms with Crippen molar-refractivity contribution in [1.82, 2.24) is 14.1 Å². The second kappa shape index (κ2) is 9.79. The van der Waals surface area contributed by atoms with Crippen LogP contribution in [-0.4, -0.2) is 54.4 Å². The van der Waals surface area contributed by atoms with Crippen LogP contribution in [0, 0.1) is 5.92 Å². The standard InChI is InChI=1S/C22H26N6O5S/c1-33-17-9-10-19(34(31,32)27-11-5-6-15(13-27)14-29)18(12-17)24-25-20-21(23)26-28(22(20)30)16-7-3-2-4-8-16/h2-4,7-10,12,15,26,29H,5-6,11,13-14,23H2,1H3/t15-/m1/s1. The van der Waals surface area contributed by atoms with Crippen molar-refractivity contribution in [3.8, 4) is 11.4 Å². The number of aliphatic hydroxyl groups is 1. The number of hydrogen-bond donors (Lipinski definition) is 3. The molecule has 180 valence electrons. The highest BCUT2D eigenvalue weighted by molar-refractivity contribution is 7.89. The Bertz CT molecular complexity index is 1350. The lowest BCUT2D eigenvalue weighted by Crippen LogP contribution is -2.40. The molecule has 0 amide bonds. The summed E-state index contributed by atoms with van der Waals surface area (Å²) in [6.07, 6.45) is 1.41. The second-order valence-electron chi connectivity index (χ2n) is 7.94. The molecular weight excluding hydrogens is 460 g/mol. The third kappa shape index (κ3) is 4.60. The van der Waals surface area contributed by atoms with Gasteiger partial charge in [0.2, 0.25) is 10.0 Å². The van der Waals surface area contributed by atoms with Crippen molar-refractivity contribution in [3.05, 3.63) is 58.9 Å². The summed E-state index contributed by atoms with van der Waals surface area (Å²) in [5, 5.41) is 20.3. The van der Waals surface area contributed by atoms with E-state index < -0.39 is 15.6 Å². The third-order valence-electron chi connectivity index (χ3n) is 5.69. The number of para-hydroxylation sites is 1. The molecule has 0 saturated carbocycles. The van der Waals surface area contributed by atoms with E-state index in [1.807, 2.05) is 6.07 Å². The van der Waals surface area contributed by atoms with E-state index in [1.165, 1.54) is 34.3 Å². The first kappa shape index (κ1) is 23.7. The van der Waals surface area contributed by atoms with Crippen LogP contribution < -0.4 is 16.0 Å². The molecule has 1 fully saturated rings. The molecule has 0 spiro atoms. The number of hydrogen-bond acceptors (Lipinski definition) is 8. The maximum atomic E-state index is 13.4. The molecule has 0 radical (unpaired) electrons. The summed E-state index contributed by atoms with van der Waals surface area (Å²) in [4.78, 5) is 12.8. The van der Waals surface area contributed by atoms with Gasteiger partial charge in [0.05, 0.1) is 12.8 Å². The monoisotopic (exact) mass is 486 g/mol. The zero-order valence-electron chi connectivity index (χ0n) is 18.6. The zero-order valence-corrected chi connectivity index (χ0v) is 19.4. The summed E-state index contributed by atoms with van der Waals surface area (Å²) in [6.45, 7) is 0.476. The van der Waals surface area contributed by atoms with Gasteiger partial charge in [0.1, 0.15) is 22.2 Å². The predicted octanol–water partition coefficient (Wildman–Crippen LogP) is 2.56. The normalized spacial score (nSPS) is 17.3. The predicted molar refractivity (Wildman–Crippen MR) is 127 cm³/mol. The van der Waals surface area contributed by atoms with E-state index in [1.54, 1.807) is 24.3 Å². The number of nitrogens with zero attached hydrogens (tertiary/aromatic N) is 4. The van der Waals surface area contributed by atoms with Crippen LogP contribution in [0.15, 0.2) is 68.4 Å². The molecular formula is C22H26N6O5S. The first-order chi connectivity index (χ1) is 16.3. The lowest BCUT2D eigenvalue weighted by molar-refractivity contribution is 0.165. The van der Waals surface area contributed by atoms with E-state index in [9.17, 15) is 18.3 Å². The van der Waals surface area contributed by atoms with Gasteiger partial charge in [-0.2, -0.15) is 4.31 Å². The van der Waals surface area contributed by atoms with Crippen LogP contribution in [0.2, 0.25) is 0 Å². The van der Waals surface area contributed by atoms with Gasteiger partial charge in [-0.3, -0.25) is 9.89 Å². The SMILES string of the molecule is COc1ccc(S(=O)(=O)N2CCC[C@@H](CO)C2)c(N=Nc2c(N)[nH]n(-c3ccccc3)c2=O)c1. The molecule has 11 nitrogen and oxygen atoms in total. The highest BCUT2D eigenvalue weighted by Gasteiger charge is 2.32. The third-order valence-corrected chi connectivity index (χ3v) is 7.60. The Balaban J connectivity index is 1.73. The van der Waals surface area contributed by atoms with Crippen LogP contribution in [0.5, 0.6) is 5.75 Å². The van der Waals surface area contributed by atoms with Crippen molar-refractivity contribution < 1.29 is 18.3 Å². The summed E-state index contributed by atoms with van der Waals surface area (Å²) in [6, 6.07) is 13.2. The van der Waals surface area contributed by atoms with Gasteiger partial charge in [-0.05, 0) is 43.0 Å². The number of benzene rings is 2. The summed E-state index contributed by atoms with van der Waals surface area (Å²) in [5.74, 6) is 0.248. The molecule has 0 bridgehead atoms. The van der Waals surface area contributed by atoms with Gasteiger partial charge in [-0.15, -0.1) is 10.2 Å². The number of aliphatic hydroxyl groups excluding tert-OH is 1. The van der Waals surface area contributed by atoms with E-state index in [-0.39, 0.29) is 41.2 Å². The molecule has 12 heteroatoms. The average molecular weight is 487 g/mol. The summed E-state index contributed by atoms with van der Waals surface area (Å²) < 4.78 is 34.6. The van der Waals surface area contributed by atoms with Gasteiger partial charge < -0.3 is 15.6 Å². The average Bonchev–Trinajstić information content (AvgIpc) is 3.15. The number of methoxy groups -OCH3 is 1. The molecule has 2 aromatic carbocycles. The lowest BCUT2D eigenvalue weighted by Gasteiger charge is -2.31. The number of aromatic amines is 1. The van der Waals surface area contributed by atoms with E-state index >= 15 is 0 Å². The van der Waals surface area contributed by atoms with Crippen molar-refractivity contribution >= 4 is 27.2 Å². The maximum Gasteiger partial charge on any atom is 0.301 e. The van der Waals surface area contributed by atoms with E-state index in [2.05, 4.69) is 15.3 Å². The van der Waals surface area contributed by atoms with Crippen molar-refractivity contribution in [1.29, 1.82) is 0 Å². The highest BCUT2D eigenvalue weighted by atomic mass is 32.2. The van der Waals surface area contributed by atoms with Crippen LogP contribution in [-0.2, 0) is 10.0 Å². The zero-order chi connectivity index (χ0) is 24.3. The fourth-order valence-corrected chi connectivity index (χ4v) is 5.52. The number of ether oxygens (including phenoxy) is 1. The minimum absolute atomic E-state index is 0.00766. The molecule has 0 aliphatic carbocycles. The summed E-state index contributed by atoms with van der Waals surface area (Å²) in [5.41, 5.74) is 5.87. The smallest absolute Gasteiger partial charge is 0.301 e. The van der Waals surface area contributed by atoms with Gasteiger partial charge in [0.15, 0.2) is 5.69 Å². The van der Waals surface area contributed by atoms with E-state index in [0.29, 0.717) is 24.4 Å². The fourth-order valence-electron chi connectivity index (χ4n) is 3.86. The molecule has 4 N–H and O–H groups in total. The lowest BCUT2D eigenvalue weighted by atomic mass is 10.0. The van der Waals surface area contributed by atoms with E-state index in [0.717, 1.165) is 6.42 Å². The molecule has 1 aliphatic heterocycles. The van der Waals surface area contributed by atoms with Crippen LogP contribution in [0.1, 0.15) is 12.8 Å². The number of anilines is 1. The van der Waals surface area contributed by atoms with Gasteiger partial charge in [-0.25, -0.2) is 13.1 Å². The number of azo groups is 1. The molecule has 0 unspecified atom stereocenters. The number of nitrogen functional groups attached to an aromatic ring is 1. The molecule has 1 aromatic heterocycles. The van der Waals surface area contributed by atoms with Gasteiger partial charge in [0, 0.05) is 25.8 Å².